The van der Waals surface area contributed by atoms with Crippen molar-refractivity contribution < 1.29 is 19.4 Å². The molecule has 4 nitrogen and oxygen atoms in total. The van der Waals surface area contributed by atoms with Crippen LogP contribution in [0.3, 0.4) is 0 Å². The van der Waals surface area contributed by atoms with Crippen LogP contribution in [0.25, 0.3) is 0 Å². The predicted molar refractivity (Wildman–Crippen MR) is 84.4 cm³/mol. The zero-order valence-electron chi connectivity index (χ0n) is 13.2. The number of halogens is 1. The molecule has 0 heterocycles. The largest absolute Gasteiger partial charge is 0.478 e. The molecule has 1 aromatic rings. The Balaban J connectivity index is 2.77. The van der Waals surface area contributed by atoms with E-state index < -0.39 is 24.3 Å². The Bertz CT molecular complexity index is 496. The van der Waals surface area contributed by atoms with E-state index >= 15 is 0 Å². The number of aliphatic hydroxyl groups is 1. The molecule has 5 heteroatoms. The van der Waals surface area contributed by atoms with Crippen LogP contribution in [0.15, 0.2) is 42.5 Å². The van der Waals surface area contributed by atoms with Gasteiger partial charge in [-0.05, 0) is 32.8 Å². The van der Waals surface area contributed by atoms with Crippen molar-refractivity contribution in [3.63, 3.8) is 0 Å². The number of hydrogen-bond acceptors (Lipinski definition) is 3. The number of aliphatic hydroxyl groups excluding tert-OH is 1. The van der Waals surface area contributed by atoms with E-state index in [4.69, 9.17) is 5.11 Å². The molecule has 0 bridgehead atoms. The molecule has 122 valence electrons. The van der Waals surface area contributed by atoms with Crippen LogP contribution in [0.4, 0.5) is 4.39 Å². The Morgan fingerprint density at radius 1 is 1.32 bits per heavy atom. The van der Waals surface area contributed by atoms with Crippen molar-refractivity contribution >= 4 is 5.97 Å². The second kappa shape index (κ2) is 8.06. The minimum Gasteiger partial charge on any atom is -0.478 e. The van der Waals surface area contributed by atoms with Gasteiger partial charge in [0.25, 0.3) is 0 Å². The molecular weight excluding hydrogens is 285 g/mol. The maximum Gasteiger partial charge on any atom is 0.328 e. The second-order valence-electron chi connectivity index (χ2n) is 6.31. The van der Waals surface area contributed by atoms with E-state index in [1.54, 1.807) is 30.3 Å². The van der Waals surface area contributed by atoms with Crippen molar-refractivity contribution in [1.29, 1.82) is 0 Å². The van der Waals surface area contributed by atoms with Crippen LogP contribution < -0.4 is 5.32 Å². The molecule has 0 amide bonds. The number of benzene rings is 1. The number of carboxylic acid groups (broad SMARTS) is 1. The number of carbonyl (C=O) groups is 1. The van der Waals surface area contributed by atoms with Crippen LogP contribution in [-0.2, 0) is 4.79 Å². The van der Waals surface area contributed by atoms with Crippen molar-refractivity contribution in [3.05, 3.63) is 48.0 Å². The minimum atomic E-state index is -1.51. The average molecular weight is 309 g/mol. The first-order chi connectivity index (χ1) is 10.2. The number of hydrogen-bond donors (Lipinski definition) is 3. The Morgan fingerprint density at radius 3 is 2.41 bits per heavy atom. The fourth-order valence-electron chi connectivity index (χ4n) is 2.18. The fraction of sp³-hybridized carbons (Fsp3) is 0.471. The molecule has 3 unspecified atom stereocenters. The lowest BCUT2D eigenvalue weighted by atomic mass is 9.97. The summed E-state index contributed by atoms with van der Waals surface area (Å²) in [6.07, 6.45) is -0.207. The summed E-state index contributed by atoms with van der Waals surface area (Å²) in [7, 11) is 0. The predicted octanol–water partition coefficient (Wildman–Crippen LogP) is 2.85. The van der Waals surface area contributed by atoms with Gasteiger partial charge in [0.1, 0.15) is 0 Å². The van der Waals surface area contributed by atoms with Crippen LogP contribution in [0.1, 0.15) is 38.9 Å². The number of alkyl halides is 1. The maximum atomic E-state index is 14.3. The molecule has 22 heavy (non-hydrogen) atoms. The molecule has 0 radical (unpaired) electrons. The highest BCUT2D eigenvalue weighted by Crippen LogP contribution is 2.24. The summed E-state index contributed by atoms with van der Waals surface area (Å²) >= 11 is 0. The summed E-state index contributed by atoms with van der Waals surface area (Å²) < 4.78 is 14.3. The fourth-order valence-corrected chi connectivity index (χ4v) is 2.18. The molecule has 3 N–H and O–H groups in total. The topological polar surface area (TPSA) is 69.6 Å². The summed E-state index contributed by atoms with van der Waals surface area (Å²) in [4.78, 5) is 10.7. The molecule has 0 spiro atoms. The van der Waals surface area contributed by atoms with Crippen molar-refractivity contribution in [3.8, 4) is 0 Å². The van der Waals surface area contributed by atoms with Crippen molar-refractivity contribution in [2.45, 2.75) is 51.0 Å². The number of carboxylic acids is 1. The van der Waals surface area contributed by atoms with Gasteiger partial charge in [-0.15, -0.1) is 0 Å². The lowest BCUT2D eigenvalue weighted by Gasteiger charge is -2.29. The average Bonchev–Trinajstić information content (AvgIpc) is 2.43. The first-order valence-corrected chi connectivity index (χ1v) is 7.25. The molecular formula is C17H24FNO3. The summed E-state index contributed by atoms with van der Waals surface area (Å²) in [5.74, 6) is -1.07. The van der Waals surface area contributed by atoms with Gasteiger partial charge in [0.05, 0.1) is 6.10 Å². The zero-order chi connectivity index (χ0) is 16.8. The van der Waals surface area contributed by atoms with E-state index in [-0.39, 0.29) is 12.0 Å². The van der Waals surface area contributed by atoms with Crippen molar-refractivity contribution in [1.82, 2.24) is 5.32 Å². The van der Waals surface area contributed by atoms with Crippen LogP contribution in [0.5, 0.6) is 0 Å². The quantitative estimate of drug-likeness (QED) is 0.677. The monoisotopic (exact) mass is 309 g/mol. The molecule has 0 fully saturated rings. The van der Waals surface area contributed by atoms with Gasteiger partial charge in [-0.2, -0.15) is 0 Å². The third-order valence-electron chi connectivity index (χ3n) is 3.04. The smallest absolute Gasteiger partial charge is 0.328 e. The van der Waals surface area contributed by atoms with Gasteiger partial charge in [-0.25, -0.2) is 9.18 Å². The van der Waals surface area contributed by atoms with Gasteiger partial charge in [0.15, 0.2) is 6.17 Å². The number of nitrogens with one attached hydrogen (secondary N) is 1. The van der Waals surface area contributed by atoms with E-state index in [2.05, 4.69) is 5.32 Å². The van der Waals surface area contributed by atoms with Crippen LogP contribution in [0, 0.1) is 0 Å². The Kier molecular flexibility index (Phi) is 6.71. The van der Waals surface area contributed by atoms with Gasteiger partial charge in [-0.1, -0.05) is 36.4 Å². The van der Waals surface area contributed by atoms with Gasteiger partial charge in [-0.3, -0.25) is 0 Å². The van der Waals surface area contributed by atoms with Gasteiger partial charge in [0.2, 0.25) is 0 Å². The second-order valence-corrected chi connectivity index (χ2v) is 6.31. The highest BCUT2D eigenvalue weighted by Gasteiger charge is 2.25. The van der Waals surface area contributed by atoms with Crippen LogP contribution in [0.2, 0.25) is 0 Å². The first-order valence-electron chi connectivity index (χ1n) is 7.25. The van der Waals surface area contributed by atoms with Crippen molar-refractivity contribution in [2.24, 2.45) is 0 Å². The third-order valence-corrected chi connectivity index (χ3v) is 3.04. The van der Waals surface area contributed by atoms with E-state index in [0.29, 0.717) is 5.56 Å². The Morgan fingerprint density at radius 2 is 1.91 bits per heavy atom. The first kappa shape index (κ1) is 18.3. The molecule has 0 aromatic heterocycles. The van der Waals surface area contributed by atoms with Gasteiger partial charge in [0, 0.05) is 17.7 Å². The van der Waals surface area contributed by atoms with Crippen LogP contribution in [-0.4, -0.2) is 33.9 Å². The summed E-state index contributed by atoms with van der Waals surface area (Å²) in [6, 6.07) is 8.00. The molecule has 3 atom stereocenters. The molecule has 0 saturated heterocycles. The minimum absolute atomic E-state index is 0.0805. The molecule has 0 aliphatic rings. The molecule has 0 saturated carbocycles. The Hall–Kier alpha value is -1.72. The lowest BCUT2D eigenvalue weighted by Crippen LogP contribution is -2.44. The third kappa shape index (κ3) is 6.83. The van der Waals surface area contributed by atoms with E-state index in [1.807, 2.05) is 20.8 Å². The lowest BCUT2D eigenvalue weighted by molar-refractivity contribution is -0.131. The molecule has 1 rings (SSSR count). The Labute approximate surface area is 130 Å². The van der Waals surface area contributed by atoms with Gasteiger partial charge >= 0.3 is 5.97 Å². The van der Waals surface area contributed by atoms with E-state index in [0.717, 1.165) is 6.08 Å². The summed E-state index contributed by atoms with van der Waals surface area (Å²) in [6.45, 7) is 5.77. The summed E-state index contributed by atoms with van der Waals surface area (Å²) in [5.41, 5.74) is 0.123. The molecule has 1 aromatic carbocycles. The summed E-state index contributed by atoms with van der Waals surface area (Å²) in [5, 5.41) is 22.0. The van der Waals surface area contributed by atoms with Crippen molar-refractivity contribution in [2.75, 3.05) is 0 Å². The number of rotatable bonds is 7. The number of aliphatic carboxylic acids is 1. The highest BCUT2D eigenvalue weighted by molar-refractivity contribution is 5.79. The SMILES string of the molecule is CC(C)(C)NC(C=CC(=O)O)CC(O)C(F)c1ccccc1. The highest BCUT2D eigenvalue weighted by atomic mass is 19.1. The van der Waals surface area contributed by atoms with Crippen LogP contribution >= 0.6 is 0 Å². The molecule has 0 aliphatic heterocycles. The van der Waals surface area contributed by atoms with E-state index in [1.165, 1.54) is 6.08 Å². The zero-order valence-corrected chi connectivity index (χ0v) is 13.2. The molecule has 0 aliphatic carbocycles. The normalized spacial score (nSPS) is 16.4. The van der Waals surface area contributed by atoms with Gasteiger partial charge < -0.3 is 15.5 Å². The van der Waals surface area contributed by atoms with E-state index in [9.17, 15) is 14.3 Å². The maximum absolute atomic E-state index is 14.3. The standard InChI is InChI=1S/C17H24FNO3/c1-17(2,3)19-13(9-10-15(21)22)11-14(20)16(18)12-7-5-4-6-8-12/h4-10,13-14,16,19-20H,11H2,1-3H3,(H,21,22).